The molecule has 0 aliphatic carbocycles. The van der Waals surface area contributed by atoms with E-state index in [0.717, 1.165) is 13.1 Å². The third-order valence-corrected chi connectivity index (χ3v) is 1.97. The molecule has 2 rings (SSSR count). The Morgan fingerprint density at radius 2 is 2.23 bits per heavy atom. The summed E-state index contributed by atoms with van der Waals surface area (Å²) in [6, 6.07) is 4.03. The highest BCUT2D eigenvalue weighted by Gasteiger charge is 2.18. The second-order valence-corrected chi connectivity index (χ2v) is 3.01. The van der Waals surface area contributed by atoms with Crippen LogP contribution in [-0.4, -0.2) is 24.3 Å². The molecule has 0 aromatic heterocycles. The standard InChI is InChI=1S/C9H10FNO2/c10-8-3-6(1-2-9(8)12)13-7-4-11-5-7/h1-3,7,11-12H,4-5H2. The van der Waals surface area contributed by atoms with Crippen LogP contribution in [0.3, 0.4) is 0 Å². The minimum absolute atomic E-state index is 0.129. The summed E-state index contributed by atoms with van der Waals surface area (Å²) in [4.78, 5) is 0. The number of phenolic OH excluding ortho intramolecular Hbond substituents is 1. The van der Waals surface area contributed by atoms with Crippen molar-refractivity contribution < 1.29 is 14.2 Å². The second-order valence-electron chi connectivity index (χ2n) is 3.01. The van der Waals surface area contributed by atoms with Gasteiger partial charge in [0.15, 0.2) is 11.6 Å². The van der Waals surface area contributed by atoms with Gasteiger partial charge in [0.2, 0.25) is 0 Å². The highest BCUT2D eigenvalue weighted by molar-refractivity contribution is 5.32. The van der Waals surface area contributed by atoms with E-state index in [0.29, 0.717) is 5.75 Å². The monoisotopic (exact) mass is 183 g/mol. The lowest BCUT2D eigenvalue weighted by Crippen LogP contribution is -2.50. The minimum Gasteiger partial charge on any atom is -0.505 e. The Morgan fingerprint density at radius 3 is 2.77 bits per heavy atom. The van der Waals surface area contributed by atoms with Gasteiger partial charge in [-0.15, -0.1) is 0 Å². The van der Waals surface area contributed by atoms with Gasteiger partial charge in [-0.1, -0.05) is 0 Å². The van der Waals surface area contributed by atoms with Gasteiger partial charge in [0, 0.05) is 19.2 Å². The van der Waals surface area contributed by atoms with E-state index < -0.39 is 5.82 Å². The van der Waals surface area contributed by atoms with Crippen LogP contribution < -0.4 is 10.1 Å². The first-order valence-corrected chi connectivity index (χ1v) is 4.11. The quantitative estimate of drug-likeness (QED) is 0.715. The number of halogens is 1. The van der Waals surface area contributed by atoms with Crippen LogP contribution in [0.5, 0.6) is 11.5 Å². The first kappa shape index (κ1) is 8.31. The van der Waals surface area contributed by atoms with E-state index in [1.165, 1.54) is 12.1 Å². The molecule has 1 saturated heterocycles. The third kappa shape index (κ3) is 1.72. The lowest BCUT2D eigenvalue weighted by Gasteiger charge is -2.27. The lowest BCUT2D eigenvalue weighted by atomic mass is 10.2. The van der Waals surface area contributed by atoms with Crippen molar-refractivity contribution in [2.75, 3.05) is 13.1 Å². The van der Waals surface area contributed by atoms with Crippen molar-refractivity contribution in [2.24, 2.45) is 0 Å². The van der Waals surface area contributed by atoms with Gasteiger partial charge in [0.05, 0.1) is 0 Å². The first-order chi connectivity index (χ1) is 6.25. The molecule has 70 valence electrons. The fourth-order valence-corrected chi connectivity index (χ4v) is 1.10. The fourth-order valence-electron chi connectivity index (χ4n) is 1.10. The number of hydrogen-bond donors (Lipinski definition) is 2. The molecular weight excluding hydrogens is 173 g/mol. The summed E-state index contributed by atoms with van der Waals surface area (Å²) in [6.45, 7) is 1.59. The zero-order chi connectivity index (χ0) is 9.26. The highest BCUT2D eigenvalue weighted by Crippen LogP contribution is 2.22. The predicted molar refractivity (Wildman–Crippen MR) is 45.4 cm³/mol. The molecule has 1 heterocycles. The topological polar surface area (TPSA) is 41.5 Å². The third-order valence-electron chi connectivity index (χ3n) is 1.97. The summed E-state index contributed by atoms with van der Waals surface area (Å²) in [7, 11) is 0. The molecule has 4 heteroatoms. The summed E-state index contributed by atoms with van der Waals surface area (Å²) in [5.74, 6) is -0.536. The Morgan fingerprint density at radius 1 is 1.46 bits per heavy atom. The molecule has 0 atom stereocenters. The highest BCUT2D eigenvalue weighted by atomic mass is 19.1. The maximum atomic E-state index is 12.8. The van der Waals surface area contributed by atoms with Crippen LogP contribution in [0.25, 0.3) is 0 Å². The maximum Gasteiger partial charge on any atom is 0.168 e. The van der Waals surface area contributed by atoms with Crippen LogP contribution in [0, 0.1) is 5.82 Å². The molecule has 2 N–H and O–H groups in total. The normalized spacial score (nSPS) is 16.7. The Labute approximate surface area is 75.1 Å². The smallest absolute Gasteiger partial charge is 0.168 e. The molecule has 0 bridgehead atoms. The molecule has 0 radical (unpaired) electrons. The van der Waals surface area contributed by atoms with Gasteiger partial charge >= 0.3 is 0 Å². The molecule has 13 heavy (non-hydrogen) atoms. The van der Waals surface area contributed by atoms with Crippen molar-refractivity contribution in [2.45, 2.75) is 6.10 Å². The maximum absolute atomic E-state index is 12.8. The Balaban J connectivity index is 2.07. The SMILES string of the molecule is Oc1ccc(OC2CNC2)cc1F. The number of nitrogens with one attached hydrogen (secondary N) is 1. The molecule has 0 amide bonds. The van der Waals surface area contributed by atoms with Gasteiger partial charge in [-0.05, 0) is 12.1 Å². The lowest BCUT2D eigenvalue weighted by molar-refractivity contribution is 0.141. The predicted octanol–water partition coefficient (Wildman–Crippen LogP) is 0.882. The van der Waals surface area contributed by atoms with E-state index in [1.807, 2.05) is 0 Å². The molecule has 3 nitrogen and oxygen atoms in total. The number of rotatable bonds is 2. The summed E-state index contributed by atoms with van der Waals surface area (Å²) in [5, 5.41) is 11.9. The summed E-state index contributed by atoms with van der Waals surface area (Å²) < 4.78 is 18.2. The van der Waals surface area contributed by atoms with Crippen LogP contribution in [0.15, 0.2) is 18.2 Å². The zero-order valence-electron chi connectivity index (χ0n) is 6.96. The molecule has 1 fully saturated rings. The molecule has 0 spiro atoms. The van der Waals surface area contributed by atoms with Crippen LogP contribution >= 0.6 is 0 Å². The Hall–Kier alpha value is -1.29. The van der Waals surface area contributed by atoms with E-state index in [9.17, 15) is 4.39 Å². The molecule has 1 aliphatic rings. The van der Waals surface area contributed by atoms with Crippen molar-refractivity contribution in [3.8, 4) is 11.5 Å². The van der Waals surface area contributed by atoms with Gasteiger partial charge in [-0.2, -0.15) is 0 Å². The van der Waals surface area contributed by atoms with Gasteiger partial charge in [0.25, 0.3) is 0 Å². The largest absolute Gasteiger partial charge is 0.505 e. The Bertz CT molecular complexity index is 312. The van der Waals surface area contributed by atoms with Gasteiger partial charge in [0.1, 0.15) is 11.9 Å². The van der Waals surface area contributed by atoms with E-state index in [2.05, 4.69) is 5.32 Å². The van der Waals surface area contributed by atoms with Gasteiger partial charge in [-0.3, -0.25) is 0 Å². The molecule has 1 aliphatic heterocycles. The molecule has 0 unspecified atom stereocenters. The van der Waals surface area contributed by atoms with Gasteiger partial charge in [-0.25, -0.2) is 4.39 Å². The number of phenols is 1. The number of aromatic hydroxyl groups is 1. The Kier molecular flexibility index (Phi) is 2.06. The van der Waals surface area contributed by atoms with Crippen molar-refractivity contribution in [3.05, 3.63) is 24.0 Å². The van der Waals surface area contributed by atoms with Crippen LogP contribution in [-0.2, 0) is 0 Å². The number of hydrogen-bond acceptors (Lipinski definition) is 3. The van der Waals surface area contributed by atoms with Crippen molar-refractivity contribution in [1.29, 1.82) is 0 Å². The van der Waals surface area contributed by atoms with Crippen LogP contribution in [0.4, 0.5) is 4.39 Å². The van der Waals surface area contributed by atoms with Gasteiger partial charge < -0.3 is 15.2 Å². The van der Waals surface area contributed by atoms with Crippen LogP contribution in [0.1, 0.15) is 0 Å². The van der Waals surface area contributed by atoms with E-state index >= 15 is 0 Å². The molecular formula is C9H10FNO2. The second kappa shape index (κ2) is 3.22. The molecule has 1 aromatic carbocycles. The van der Waals surface area contributed by atoms with Crippen molar-refractivity contribution in [3.63, 3.8) is 0 Å². The molecule has 0 saturated carbocycles. The minimum atomic E-state index is -0.648. The number of ether oxygens (including phenoxy) is 1. The van der Waals surface area contributed by atoms with Crippen molar-refractivity contribution >= 4 is 0 Å². The summed E-state index contributed by atoms with van der Waals surface area (Å²) in [5.41, 5.74) is 0. The van der Waals surface area contributed by atoms with Crippen molar-refractivity contribution in [1.82, 2.24) is 5.32 Å². The molecule has 1 aromatic rings. The average Bonchev–Trinajstić information content (AvgIpc) is 2.04. The van der Waals surface area contributed by atoms with E-state index in [-0.39, 0.29) is 11.9 Å². The number of benzene rings is 1. The average molecular weight is 183 g/mol. The van der Waals surface area contributed by atoms with Crippen LogP contribution in [0.2, 0.25) is 0 Å². The van der Waals surface area contributed by atoms with E-state index in [1.54, 1.807) is 6.07 Å². The van der Waals surface area contributed by atoms with E-state index in [4.69, 9.17) is 9.84 Å². The zero-order valence-corrected chi connectivity index (χ0v) is 6.96. The fraction of sp³-hybridized carbons (Fsp3) is 0.333. The summed E-state index contributed by atoms with van der Waals surface area (Å²) in [6.07, 6.45) is 0.129. The summed E-state index contributed by atoms with van der Waals surface area (Å²) >= 11 is 0. The first-order valence-electron chi connectivity index (χ1n) is 4.11.